The molecule has 0 aliphatic carbocycles. The molecule has 2 aromatic carbocycles. The lowest BCUT2D eigenvalue weighted by molar-refractivity contribution is -0.166. The lowest BCUT2D eigenvalue weighted by Crippen LogP contribution is -2.74. The number of hydrogen-bond donors (Lipinski definition) is 1. The van der Waals surface area contributed by atoms with Crippen LogP contribution in [-0.4, -0.2) is 53.4 Å². The van der Waals surface area contributed by atoms with Crippen LogP contribution in [-0.2, 0) is 30.3 Å². The molecule has 0 spiro atoms. The fourth-order valence-electron chi connectivity index (χ4n) is 4.81. The number of carbonyl (C=O) groups is 3. The van der Waals surface area contributed by atoms with Crippen LogP contribution in [0.5, 0.6) is 0 Å². The van der Waals surface area contributed by atoms with Crippen LogP contribution >= 0.6 is 23.1 Å². The number of esters is 1. The molecule has 0 saturated carbocycles. The van der Waals surface area contributed by atoms with Crippen molar-refractivity contribution < 1.29 is 23.9 Å². The van der Waals surface area contributed by atoms with Gasteiger partial charge in [-0.3, -0.25) is 9.59 Å². The summed E-state index contributed by atoms with van der Waals surface area (Å²) in [6, 6.07) is 21.0. The summed E-state index contributed by atoms with van der Waals surface area (Å²) in [5, 5.41) is 6.14. The SMILES string of the molecule is C=CC(OC)C1=CS[C@@H]2[C@H](NC(=O)Cc3cccs3)C(=O)N2C1C(=O)OC(c1ccccc1)c1ccccc1. The van der Waals surface area contributed by atoms with Crippen molar-refractivity contribution in [2.45, 2.75) is 36.1 Å². The minimum atomic E-state index is -1.02. The van der Waals surface area contributed by atoms with E-state index in [-0.39, 0.29) is 18.2 Å². The molecule has 4 atom stereocenters. The Morgan fingerprint density at radius 2 is 1.72 bits per heavy atom. The van der Waals surface area contributed by atoms with Gasteiger partial charge in [0, 0.05) is 17.6 Å². The molecule has 5 rings (SSSR count). The number of fused-ring (bicyclic) bond motifs is 1. The molecule has 1 saturated heterocycles. The van der Waals surface area contributed by atoms with Gasteiger partial charge >= 0.3 is 5.97 Å². The first-order valence-corrected chi connectivity index (χ1v) is 14.3. The maximum Gasteiger partial charge on any atom is 0.334 e. The van der Waals surface area contributed by atoms with E-state index in [1.165, 1.54) is 35.1 Å². The largest absolute Gasteiger partial charge is 0.451 e. The van der Waals surface area contributed by atoms with E-state index in [0.29, 0.717) is 5.57 Å². The minimum absolute atomic E-state index is 0.198. The van der Waals surface area contributed by atoms with Crippen LogP contribution in [0.3, 0.4) is 0 Å². The van der Waals surface area contributed by atoms with Crippen LogP contribution in [0.2, 0.25) is 0 Å². The van der Waals surface area contributed by atoms with Crippen molar-refractivity contribution in [1.82, 2.24) is 10.2 Å². The fourth-order valence-corrected chi connectivity index (χ4v) is 6.77. The Labute approximate surface area is 235 Å². The number of β-lactam (4-membered cyclic amide) rings is 1. The van der Waals surface area contributed by atoms with Crippen molar-refractivity contribution in [2.24, 2.45) is 0 Å². The standard InChI is InChI=1S/C30H28N2O5S2/c1-3-23(36-2)22-18-39-29-25(31-24(33)17-21-15-10-16-38-21)28(34)32(29)26(22)30(35)37-27(19-11-6-4-7-12-19)20-13-8-5-9-14-20/h3-16,18,23,25-27,29H,1,17H2,2H3,(H,31,33)/t23?,25-,26?,29-/m1/s1. The number of methoxy groups -OCH3 is 1. The third-order valence-electron chi connectivity index (χ3n) is 6.71. The summed E-state index contributed by atoms with van der Waals surface area (Å²) in [7, 11) is 1.52. The first-order chi connectivity index (χ1) is 19.0. The van der Waals surface area contributed by atoms with Gasteiger partial charge in [0.2, 0.25) is 11.8 Å². The van der Waals surface area contributed by atoms with Gasteiger partial charge in [0.1, 0.15) is 11.4 Å². The lowest BCUT2D eigenvalue weighted by atomic mass is 9.94. The molecule has 3 aromatic rings. The normalized spacial score (nSPS) is 20.9. The fraction of sp³-hybridized carbons (Fsp3) is 0.233. The molecule has 2 amide bonds. The molecule has 1 N–H and O–H groups in total. The number of benzene rings is 2. The summed E-state index contributed by atoms with van der Waals surface area (Å²) in [6.07, 6.45) is 0.520. The van der Waals surface area contributed by atoms with E-state index in [2.05, 4.69) is 11.9 Å². The summed E-state index contributed by atoms with van der Waals surface area (Å²) in [5.41, 5.74) is 2.19. The molecule has 0 radical (unpaired) electrons. The third kappa shape index (κ3) is 5.56. The second-order valence-corrected chi connectivity index (χ2v) is 11.1. The molecule has 1 fully saturated rings. The van der Waals surface area contributed by atoms with Crippen LogP contribution in [0.4, 0.5) is 0 Å². The maximum atomic E-state index is 13.9. The van der Waals surface area contributed by atoms with E-state index in [4.69, 9.17) is 9.47 Å². The van der Waals surface area contributed by atoms with Gasteiger partial charge in [-0.15, -0.1) is 29.7 Å². The Morgan fingerprint density at radius 3 is 2.28 bits per heavy atom. The van der Waals surface area contributed by atoms with E-state index >= 15 is 0 Å². The van der Waals surface area contributed by atoms with Gasteiger partial charge < -0.3 is 19.7 Å². The number of thiophene rings is 1. The predicted molar refractivity (Wildman–Crippen MR) is 152 cm³/mol. The van der Waals surface area contributed by atoms with Crippen molar-refractivity contribution in [3.05, 3.63) is 118 Å². The summed E-state index contributed by atoms with van der Waals surface area (Å²) >= 11 is 2.86. The van der Waals surface area contributed by atoms with E-state index in [1.54, 1.807) is 6.08 Å². The number of nitrogens with zero attached hydrogens (tertiary/aromatic N) is 1. The smallest absolute Gasteiger partial charge is 0.334 e. The van der Waals surface area contributed by atoms with E-state index in [9.17, 15) is 14.4 Å². The Bertz CT molecular complexity index is 1320. The zero-order valence-electron chi connectivity index (χ0n) is 21.3. The summed E-state index contributed by atoms with van der Waals surface area (Å²) in [4.78, 5) is 42.4. The summed E-state index contributed by atoms with van der Waals surface area (Å²) < 4.78 is 11.7. The van der Waals surface area contributed by atoms with Gasteiger partial charge in [0.25, 0.3) is 0 Å². The molecule has 200 valence electrons. The molecule has 3 heterocycles. The molecule has 9 heteroatoms. The average molecular weight is 561 g/mol. The molecular weight excluding hydrogens is 532 g/mol. The highest BCUT2D eigenvalue weighted by atomic mass is 32.2. The molecule has 2 aliphatic heterocycles. The van der Waals surface area contributed by atoms with Gasteiger partial charge in [0.15, 0.2) is 12.1 Å². The second kappa shape index (κ2) is 12.0. The topological polar surface area (TPSA) is 84.9 Å². The molecule has 1 aromatic heterocycles. The first kappa shape index (κ1) is 26.9. The molecule has 7 nitrogen and oxygen atoms in total. The molecular formula is C30H28N2O5S2. The monoisotopic (exact) mass is 560 g/mol. The van der Waals surface area contributed by atoms with Gasteiger partial charge in [-0.05, 0) is 28.0 Å². The van der Waals surface area contributed by atoms with Crippen LogP contribution < -0.4 is 5.32 Å². The Hall–Kier alpha value is -3.66. The number of nitrogens with one attached hydrogen (secondary N) is 1. The minimum Gasteiger partial charge on any atom is -0.451 e. The quantitative estimate of drug-likeness (QED) is 0.224. The number of ether oxygens (including phenoxy) is 2. The van der Waals surface area contributed by atoms with E-state index in [1.807, 2.05) is 83.6 Å². The first-order valence-electron chi connectivity index (χ1n) is 12.5. The summed E-state index contributed by atoms with van der Waals surface area (Å²) in [5.74, 6) is -1.15. The van der Waals surface area contributed by atoms with Crippen LogP contribution in [0.15, 0.2) is 102 Å². The van der Waals surface area contributed by atoms with Crippen LogP contribution in [0.1, 0.15) is 22.1 Å². The van der Waals surface area contributed by atoms with Crippen LogP contribution in [0, 0.1) is 0 Å². The maximum absolute atomic E-state index is 13.9. The summed E-state index contributed by atoms with van der Waals surface area (Å²) in [6.45, 7) is 3.84. The van der Waals surface area contributed by atoms with E-state index in [0.717, 1.165) is 16.0 Å². The average Bonchev–Trinajstić information content (AvgIpc) is 3.48. The van der Waals surface area contributed by atoms with Crippen molar-refractivity contribution in [1.29, 1.82) is 0 Å². The van der Waals surface area contributed by atoms with Gasteiger partial charge in [-0.1, -0.05) is 72.8 Å². The predicted octanol–water partition coefficient (Wildman–Crippen LogP) is 4.48. The van der Waals surface area contributed by atoms with Gasteiger partial charge in [0.05, 0.1) is 12.5 Å². The van der Waals surface area contributed by atoms with E-state index < -0.39 is 35.6 Å². The van der Waals surface area contributed by atoms with Crippen molar-refractivity contribution in [3.8, 4) is 0 Å². The number of carbonyl (C=O) groups excluding carboxylic acids is 3. The highest BCUT2D eigenvalue weighted by Gasteiger charge is 2.57. The lowest BCUT2D eigenvalue weighted by Gasteiger charge is -2.52. The van der Waals surface area contributed by atoms with Crippen LogP contribution in [0.25, 0.3) is 0 Å². The number of thioether (sulfide) groups is 1. The van der Waals surface area contributed by atoms with Crippen molar-refractivity contribution in [3.63, 3.8) is 0 Å². The number of amides is 2. The highest BCUT2D eigenvalue weighted by molar-refractivity contribution is 8.03. The Morgan fingerprint density at radius 1 is 1.05 bits per heavy atom. The third-order valence-corrected chi connectivity index (χ3v) is 8.77. The van der Waals surface area contributed by atoms with Crippen molar-refractivity contribution in [2.75, 3.05) is 7.11 Å². The molecule has 0 bridgehead atoms. The number of rotatable bonds is 10. The van der Waals surface area contributed by atoms with Gasteiger partial charge in [-0.2, -0.15) is 0 Å². The zero-order valence-corrected chi connectivity index (χ0v) is 22.9. The molecule has 2 aliphatic rings. The van der Waals surface area contributed by atoms with Gasteiger partial charge in [-0.25, -0.2) is 4.79 Å². The Balaban J connectivity index is 1.41. The molecule has 2 unspecified atom stereocenters. The number of hydrogen-bond acceptors (Lipinski definition) is 7. The second-order valence-electron chi connectivity index (χ2n) is 9.12. The van der Waals surface area contributed by atoms with Crippen molar-refractivity contribution >= 4 is 40.9 Å². The zero-order chi connectivity index (χ0) is 27.4. The highest BCUT2D eigenvalue weighted by Crippen LogP contribution is 2.42. The molecule has 39 heavy (non-hydrogen) atoms. The Kier molecular flexibility index (Phi) is 8.30.